The van der Waals surface area contributed by atoms with Crippen LogP contribution < -0.4 is 5.32 Å². The molecule has 17 heavy (non-hydrogen) atoms. The Balaban J connectivity index is 2.61. The number of aromatic amines is 1. The maximum atomic E-state index is 11.4. The van der Waals surface area contributed by atoms with Crippen LogP contribution >= 0.6 is 0 Å². The van der Waals surface area contributed by atoms with Crippen molar-refractivity contribution >= 4 is 17.9 Å². The van der Waals surface area contributed by atoms with Gasteiger partial charge in [-0.1, -0.05) is 0 Å². The summed E-state index contributed by atoms with van der Waals surface area (Å²) in [4.78, 5) is 22.5. The highest BCUT2D eigenvalue weighted by Crippen LogP contribution is 2.11. The fraction of sp³-hybridized carbons (Fsp3) is 0.500. The molecule has 0 spiro atoms. The van der Waals surface area contributed by atoms with Crippen LogP contribution in [0.5, 0.6) is 0 Å². The standard InChI is InChI=1S/C10H15N3O4/c1-10(2,3)17-9(15)11-7-5-6(12-13-7)8(14)16-4/h5H,1-4H3,(H2,11,12,13,15). The summed E-state index contributed by atoms with van der Waals surface area (Å²) < 4.78 is 9.50. The van der Waals surface area contributed by atoms with Gasteiger partial charge in [0.05, 0.1) is 7.11 Å². The second-order valence-corrected chi connectivity index (χ2v) is 4.29. The van der Waals surface area contributed by atoms with Gasteiger partial charge in [-0.3, -0.25) is 10.4 Å². The van der Waals surface area contributed by atoms with Crippen LogP contribution in [0, 0.1) is 0 Å². The zero-order valence-electron chi connectivity index (χ0n) is 10.2. The molecule has 94 valence electrons. The van der Waals surface area contributed by atoms with Crippen molar-refractivity contribution in [3.63, 3.8) is 0 Å². The molecule has 2 N–H and O–H groups in total. The first-order valence-corrected chi connectivity index (χ1v) is 4.95. The Morgan fingerprint density at radius 2 is 2.06 bits per heavy atom. The maximum Gasteiger partial charge on any atom is 0.413 e. The lowest BCUT2D eigenvalue weighted by molar-refractivity contribution is 0.0591. The minimum absolute atomic E-state index is 0.151. The van der Waals surface area contributed by atoms with Crippen LogP contribution in [-0.4, -0.2) is 35.0 Å². The van der Waals surface area contributed by atoms with E-state index in [-0.39, 0.29) is 11.5 Å². The number of amides is 1. The first kappa shape index (κ1) is 13.0. The highest BCUT2D eigenvalue weighted by atomic mass is 16.6. The van der Waals surface area contributed by atoms with Gasteiger partial charge in [-0.05, 0) is 20.8 Å². The summed E-state index contributed by atoms with van der Waals surface area (Å²) in [5, 5.41) is 8.53. The van der Waals surface area contributed by atoms with Crippen LogP contribution in [0.2, 0.25) is 0 Å². The van der Waals surface area contributed by atoms with Gasteiger partial charge >= 0.3 is 12.1 Å². The number of hydrogen-bond donors (Lipinski definition) is 2. The van der Waals surface area contributed by atoms with E-state index in [1.165, 1.54) is 13.2 Å². The monoisotopic (exact) mass is 241 g/mol. The Labute approximate surface area is 98.5 Å². The van der Waals surface area contributed by atoms with E-state index in [4.69, 9.17) is 4.74 Å². The van der Waals surface area contributed by atoms with E-state index in [1.807, 2.05) is 0 Å². The molecule has 0 bridgehead atoms. The first-order valence-electron chi connectivity index (χ1n) is 4.95. The number of ether oxygens (including phenoxy) is 2. The van der Waals surface area contributed by atoms with Gasteiger partial charge in [-0.2, -0.15) is 5.10 Å². The molecule has 0 saturated heterocycles. The van der Waals surface area contributed by atoms with E-state index < -0.39 is 17.7 Å². The predicted molar refractivity (Wildman–Crippen MR) is 59.8 cm³/mol. The largest absolute Gasteiger partial charge is 0.464 e. The molecule has 1 aromatic rings. The van der Waals surface area contributed by atoms with Crippen LogP contribution in [0.3, 0.4) is 0 Å². The van der Waals surface area contributed by atoms with Gasteiger partial charge in [-0.25, -0.2) is 9.59 Å². The lowest BCUT2D eigenvalue weighted by atomic mass is 10.2. The van der Waals surface area contributed by atoms with Crippen molar-refractivity contribution in [2.24, 2.45) is 0 Å². The molecule has 0 aromatic carbocycles. The van der Waals surface area contributed by atoms with Gasteiger partial charge in [0.15, 0.2) is 5.82 Å². The number of aromatic nitrogens is 2. The van der Waals surface area contributed by atoms with Crippen molar-refractivity contribution in [2.75, 3.05) is 12.4 Å². The molecule has 0 atom stereocenters. The Bertz CT molecular complexity index is 419. The molecular weight excluding hydrogens is 226 g/mol. The number of esters is 1. The fourth-order valence-electron chi connectivity index (χ4n) is 1.01. The van der Waals surface area contributed by atoms with Gasteiger partial charge in [0.1, 0.15) is 11.3 Å². The third-order valence-electron chi connectivity index (χ3n) is 1.61. The maximum absolute atomic E-state index is 11.4. The van der Waals surface area contributed by atoms with Crippen LogP contribution in [0.15, 0.2) is 6.07 Å². The van der Waals surface area contributed by atoms with Gasteiger partial charge < -0.3 is 9.47 Å². The third-order valence-corrected chi connectivity index (χ3v) is 1.61. The van der Waals surface area contributed by atoms with Crippen molar-refractivity contribution in [3.05, 3.63) is 11.8 Å². The Hall–Kier alpha value is -2.05. The third kappa shape index (κ3) is 4.13. The summed E-state index contributed by atoms with van der Waals surface area (Å²) in [5.74, 6) is -0.366. The number of carbonyl (C=O) groups excluding carboxylic acids is 2. The lowest BCUT2D eigenvalue weighted by Gasteiger charge is -2.18. The topological polar surface area (TPSA) is 93.3 Å². The lowest BCUT2D eigenvalue weighted by Crippen LogP contribution is -2.27. The number of H-pyrrole nitrogens is 1. The molecule has 1 aromatic heterocycles. The zero-order valence-corrected chi connectivity index (χ0v) is 10.2. The van der Waals surface area contributed by atoms with Crippen molar-refractivity contribution in [3.8, 4) is 0 Å². The molecule has 1 rings (SSSR count). The van der Waals surface area contributed by atoms with Gasteiger partial charge in [0.2, 0.25) is 0 Å². The van der Waals surface area contributed by atoms with E-state index in [1.54, 1.807) is 20.8 Å². The highest BCUT2D eigenvalue weighted by Gasteiger charge is 2.17. The highest BCUT2D eigenvalue weighted by molar-refractivity contribution is 5.90. The van der Waals surface area contributed by atoms with Crippen molar-refractivity contribution < 1.29 is 19.1 Å². The summed E-state index contributed by atoms with van der Waals surface area (Å²) in [7, 11) is 1.25. The van der Waals surface area contributed by atoms with E-state index >= 15 is 0 Å². The van der Waals surface area contributed by atoms with Crippen molar-refractivity contribution in [1.82, 2.24) is 10.2 Å². The number of hydrogen-bond acceptors (Lipinski definition) is 5. The average molecular weight is 241 g/mol. The van der Waals surface area contributed by atoms with E-state index in [0.717, 1.165) is 0 Å². The smallest absolute Gasteiger partial charge is 0.413 e. The number of nitrogens with one attached hydrogen (secondary N) is 2. The van der Waals surface area contributed by atoms with Gasteiger partial charge in [0, 0.05) is 6.07 Å². The van der Waals surface area contributed by atoms with Crippen LogP contribution in [0.1, 0.15) is 31.3 Å². The number of anilines is 1. The molecule has 0 unspecified atom stereocenters. The SMILES string of the molecule is COC(=O)c1cc(NC(=O)OC(C)(C)C)n[nH]1. The Kier molecular flexibility index (Phi) is 3.72. The van der Waals surface area contributed by atoms with Crippen LogP contribution in [0.4, 0.5) is 10.6 Å². The number of nitrogens with zero attached hydrogens (tertiary/aromatic N) is 1. The van der Waals surface area contributed by atoms with E-state index in [9.17, 15) is 9.59 Å². The van der Waals surface area contributed by atoms with Gasteiger partial charge in [-0.15, -0.1) is 0 Å². The Morgan fingerprint density at radius 1 is 1.41 bits per heavy atom. The summed E-state index contributed by atoms with van der Waals surface area (Å²) in [6.45, 7) is 5.24. The number of rotatable bonds is 2. The predicted octanol–water partition coefficient (Wildman–Crippen LogP) is 1.54. The van der Waals surface area contributed by atoms with E-state index in [0.29, 0.717) is 0 Å². The summed E-state index contributed by atoms with van der Waals surface area (Å²) in [5.41, 5.74) is -0.440. The van der Waals surface area contributed by atoms with Crippen molar-refractivity contribution in [2.45, 2.75) is 26.4 Å². The molecule has 0 aliphatic heterocycles. The zero-order chi connectivity index (χ0) is 13.1. The van der Waals surface area contributed by atoms with Crippen LogP contribution in [-0.2, 0) is 9.47 Å². The summed E-state index contributed by atoms with van der Waals surface area (Å²) in [6.07, 6.45) is -0.639. The molecular formula is C10H15N3O4. The molecule has 0 aliphatic carbocycles. The minimum Gasteiger partial charge on any atom is -0.464 e. The molecule has 7 nitrogen and oxygen atoms in total. The summed E-state index contributed by atoms with van der Waals surface area (Å²) in [6, 6.07) is 1.36. The summed E-state index contributed by atoms with van der Waals surface area (Å²) >= 11 is 0. The number of carbonyl (C=O) groups is 2. The van der Waals surface area contributed by atoms with Crippen LogP contribution in [0.25, 0.3) is 0 Å². The molecule has 0 radical (unpaired) electrons. The fourth-order valence-corrected chi connectivity index (χ4v) is 1.01. The first-order chi connectivity index (χ1) is 7.81. The minimum atomic E-state index is -0.639. The van der Waals surface area contributed by atoms with Gasteiger partial charge in [0.25, 0.3) is 0 Å². The Morgan fingerprint density at radius 3 is 2.59 bits per heavy atom. The molecule has 1 amide bonds. The molecule has 1 heterocycles. The number of methoxy groups -OCH3 is 1. The molecule has 0 fully saturated rings. The second kappa shape index (κ2) is 4.86. The quantitative estimate of drug-likeness (QED) is 0.766. The normalized spacial score (nSPS) is 10.8. The van der Waals surface area contributed by atoms with Crippen molar-refractivity contribution in [1.29, 1.82) is 0 Å². The molecule has 7 heteroatoms. The average Bonchev–Trinajstić information content (AvgIpc) is 2.62. The molecule has 0 saturated carbocycles. The molecule has 0 aliphatic rings. The second-order valence-electron chi connectivity index (χ2n) is 4.29. The van der Waals surface area contributed by atoms with E-state index in [2.05, 4.69) is 20.3 Å².